The van der Waals surface area contributed by atoms with Gasteiger partial charge in [0.15, 0.2) is 0 Å². The molecule has 0 aliphatic rings. The SMILES string of the molecule is COc1ccc(NC(=O)Nc2cccc(F)c2C)cc1. The number of carbonyl (C=O) groups excluding carboxylic acids is 1. The highest BCUT2D eigenvalue weighted by atomic mass is 19.1. The number of carbonyl (C=O) groups is 1. The first-order valence-electron chi connectivity index (χ1n) is 6.07. The van der Waals surface area contributed by atoms with E-state index >= 15 is 0 Å². The second kappa shape index (κ2) is 6.06. The van der Waals surface area contributed by atoms with E-state index < -0.39 is 6.03 Å². The van der Waals surface area contributed by atoms with Crippen LogP contribution in [0, 0.1) is 12.7 Å². The molecule has 0 aliphatic heterocycles. The Bertz CT molecular complexity index is 612. The van der Waals surface area contributed by atoms with Crippen molar-refractivity contribution in [1.82, 2.24) is 0 Å². The normalized spacial score (nSPS) is 9.95. The smallest absolute Gasteiger partial charge is 0.323 e. The fourth-order valence-corrected chi connectivity index (χ4v) is 1.70. The van der Waals surface area contributed by atoms with Gasteiger partial charge in [-0.3, -0.25) is 0 Å². The van der Waals surface area contributed by atoms with E-state index in [4.69, 9.17) is 4.74 Å². The highest BCUT2D eigenvalue weighted by Crippen LogP contribution is 2.18. The van der Waals surface area contributed by atoms with E-state index in [0.29, 0.717) is 22.7 Å². The molecular formula is C15H15FN2O2. The van der Waals surface area contributed by atoms with Crippen LogP contribution in [0.5, 0.6) is 5.75 Å². The van der Waals surface area contributed by atoms with Gasteiger partial charge in [0.1, 0.15) is 11.6 Å². The third-order valence-corrected chi connectivity index (χ3v) is 2.86. The number of hydrogen-bond donors (Lipinski definition) is 2. The summed E-state index contributed by atoms with van der Waals surface area (Å²) in [7, 11) is 1.57. The summed E-state index contributed by atoms with van der Waals surface area (Å²) in [6.45, 7) is 1.61. The van der Waals surface area contributed by atoms with Crippen molar-refractivity contribution in [1.29, 1.82) is 0 Å². The molecule has 0 atom stereocenters. The van der Waals surface area contributed by atoms with Gasteiger partial charge in [-0.2, -0.15) is 0 Å². The number of methoxy groups -OCH3 is 1. The highest BCUT2D eigenvalue weighted by Gasteiger charge is 2.07. The van der Waals surface area contributed by atoms with Crippen LogP contribution in [0.3, 0.4) is 0 Å². The summed E-state index contributed by atoms with van der Waals surface area (Å²) < 4.78 is 18.4. The minimum absolute atomic E-state index is 0.354. The molecule has 2 amide bonds. The van der Waals surface area contributed by atoms with Gasteiger partial charge in [-0.1, -0.05) is 6.07 Å². The van der Waals surface area contributed by atoms with Crippen molar-refractivity contribution in [3.05, 3.63) is 53.8 Å². The number of benzene rings is 2. The average molecular weight is 274 g/mol. The van der Waals surface area contributed by atoms with E-state index in [1.54, 1.807) is 50.4 Å². The summed E-state index contributed by atoms with van der Waals surface area (Å²) in [4.78, 5) is 11.8. The largest absolute Gasteiger partial charge is 0.497 e. The Kier molecular flexibility index (Phi) is 4.20. The fraction of sp³-hybridized carbons (Fsp3) is 0.133. The van der Waals surface area contributed by atoms with E-state index in [9.17, 15) is 9.18 Å². The topological polar surface area (TPSA) is 50.4 Å². The summed E-state index contributed by atoms with van der Waals surface area (Å²) in [5.74, 6) is 0.351. The molecule has 0 radical (unpaired) electrons. The van der Waals surface area contributed by atoms with Crippen LogP contribution in [-0.4, -0.2) is 13.1 Å². The molecule has 0 saturated carbocycles. The van der Waals surface area contributed by atoms with Gasteiger partial charge >= 0.3 is 6.03 Å². The molecule has 0 saturated heterocycles. The van der Waals surface area contributed by atoms with E-state index in [1.807, 2.05) is 0 Å². The Morgan fingerprint density at radius 1 is 1.10 bits per heavy atom. The molecule has 0 aliphatic carbocycles. The quantitative estimate of drug-likeness (QED) is 0.894. The lowest BCUT2D eigenvalue weighted by Gasteiger charge is -2.10. The number of urea groups is 1. The maximum atomic E-state index is 13.4. The maximum Gasteiger partial charge on any atom is 0.323 e. The first kappa shape index (κ1) is 13.9. The van der Waals surface area contributed by atoms with Crippen LogP contribution in [0.1, 0.15) is 5.56 Å². The summed E-state index contributed by atoms with van der Waals surface area (Å²) >= 11 is 0. The monoisotopic (exact) mass is 274 g/mol. The van der Waals surface area contributed by atoms with E-state index in [1.165, 1.54) is 6.07 Å². The molecule has 2 N–H and O–H groups in total. The van der Waals surface area contributed by atoms with Gasteiger partial charge in [-0.05, 0) is 43.3 Å². The van der Waals surface area contributed by atoms with Gasteiger partial charge in [0.05, 0.1) is 7.11 Å². The molecule has 0 bridgehead atoms. The van der Waals surface area contributed by atoms with Crippen molar-refractivity contribution in [3.8, 4) is 5.75 Å². The van der Waals surface area contributed by atoms with E-state index in [2.05, 4.69) is 10.6 Å². The first-order valence-corrected chi connectivity index (χ1v) is 6.07. The Morgan fingerprint density at radius 3 is 2.45 bits per heavy atom. The Hall–Kier alpha value is -2.56. The number of nitrogens with one attached hydrogen (secondary N) is 2. The second-order valence-electron chi connectivity index (χ2n) is 4.22. The second-order valence-corrected chi connectivity index (χ2v) is 4.22. The minimum Gasteiger partial charge on any atom is -0.497 e. The molecule has 0 heterocycles. The molecule has 0 fully saturated rings. The summed E-state index contributed by atoms with van der Waals surface area (Å²) in [6.07, 6.45) is 0. The van der Waals surface area contributed by atoms with Gasteiger partial charge in [-0.15, -0.1) is 0 Å². The molecule has 0 spiro atoms. The van der Waals surface area contributed by atoms with Crippen molar-refractivity contribution < 1.29 is 13.9 Å². The lowest BCUT2D eigenvalue weighted by molar-refractivity contribution is 0.262. The van der Waals surface area contributed by atoms with E-state index in [-0.39, 0.29) is 5.82 Å². The minimum atomic E-state index is -0.427. The Labute approximate surface area is 116 Å². The number of amides is 2. The molecular weight excluding hydrogens is 259 g/mol. The number of ether oxygens (including phenoxy) is 1. The molecule has 2 rings (SSSR count). The van der Waals surface area contributed by atoms with Crippen molar-refractivity contribution in [3.63, 3.8) is 0 Å². The van der Waals surface area contributed by atoms with Gasteiger partial charge in [0.25, 0.3) is 0 Å². The lowest BCUT2D eigenvalue weighted by Crippen LogP contribution is -2.20. The predicted octanol–water partition coefficient (Wildman–Crippen LogP) is 3.79. The summed E-state index contributed by atoms with van der Waals surface area (Å²) in [5, 5.41) is 5.27. The number of hydrogen-bond acceptors (Lipinski definition) is 2. The van der Waals surface area contributed by atoms with Crippen molar-refractivity contribution in [2.45, 2.75) is 6.92 Å². The molecule has 2 aromatic rings. The zero-order chi connectivity index (χ0) is 14.5. The molecule has 2 aromatic carbocycles. The molecule has 4 nitrogen and oxygen atoms in total. The zero-order valence-corrected chi connectivity index (χ0v) is 11.2. The van der Waals surface area contributed by atoms with Crippen molar-refractivity contribution in [2.24, 2.45) is 0 Å². The average Bonchev–Trinajstić information content (AvgIpc) is 2.45. The van der Waals surface area contributed by atoms with Crippen LogP contribution in [0.4, 0.5) is 20.6 Å². The fourth-order valence-electron chi connectivity index (χ4n) is 1.70. The molecule has 0 unspecified atom stereocenters. The third kappa shape index (κ3) is 3.26. The molecule has 104 valence electrons. The zero-order valence-electron chi connectivity index (χ0n) is 11.2. The summed E-state index contributed by atoms with van der Waals surface area (Å²) in [5.41, 5.74) is 1.46. The van der Waals surface area contributed by atoms with Crippen molar-refractivity contribution in [2.75, 3.05) is 17.7 Å². The molecule has 0 aromatic heterocycles. The standard InChI is InChI=1S/C15H15FN2O2/c1-10-13(16)4-3-5-14(10)18-15(19)17-11-6-8-12(20-2)9-7-11/h3-9H,1-2H3,(H2,17,18,19). The lowest BCUT2D eigenvalue weighted by atomic mass is 10.2. The Morgan fingerprint density at radius 2 is 1.80 bits per heavy atom. The first-order chi connectivity index (χ1) is 9.60. The summed E-state index contributed by atoms with van der Waals surface area (Å²) in [6, 6.07) is 11.0. The number of rotatable bonds is 3. The van der Waals surface area contributed by atoms with Crippen LogP contribution in [-0.2, 0) is 0 Å². The van der Waals surface area contributed by atoms with Crippen LogP contribution in [0.2, 0.25) is 0 Å². The third-order valence-electron chi connectivity index (χ3n) is 2.86. The Balaban J connectivity index is 2.03. The maximum absolute atomic E-state index is 13.4. The molecule has 5 heteroatoms. The molecule has 20 heavy (non-hydrogen) atoms. The van der Waals surface area contributed by atoms with Crippen molar-refractivity contribution >= 4 is 17.4 Å². The van der Waals surface area contributed by atoms with Crippen LogP contribution < -0.4 is 15.4 Å². The van der Waals surface area contributed by atoms with E-state index in [0.717, 1.165) is 0 Å². The van der Waals surface area contributed by atoms with Gasteiger partial charge in [-0.25, -0.2) is 9.18 Å². The van der Waals surface area contributed by atoms with Crippen LogP contribution in [0.25, 0.3) is 0 Å². The van der Waals surface area contributed by atoms with Crippen LogP contribution in [0.15, 0.2) is 42.5 Å². The number of halogens is 1. The van der Waals surface area contributed by atoms with Crippen LogP contribution >= 0.6 is 0 Å². The van der Waals surface area contributed by atoms with Gasteiger partial charge in [0, 0.05) is 16.9 Å². The van der Waals surface area contributed by atoms with Gasteiger partial charge < -0.3 is 15.4 Å². The number of anilines is 2. The predicted molar refractivity (Wildman–Crippen MR) is 76.8 cm³/mol. The van der Waals surface area contributed by atoms with Gasteiger partial charge in [0.2, 0.25) is 0 Å². The highest BCUT2D eigenvalue weighted by molar-refractivity contribution is 6.00.